The van der Waals surface area contributed by atoms with Crippen LogP contribution in [0.15, 0.2) is 18.2 Å². The summed E-state index contributed by atoms with van der Waals surface area (Å²) < 4.78 is 5.14. The van der Waals surface area contributed by atoms with E-state index in [-0.39, 0.29) is 18.9 Å². The molecule has 1 aromatic rings. The molecule has 0 radical (unpaired) electrons. The Balaban J connectivity index is 0.000000868. The zero-order valence-electron chi connectivity index (χ0n) is 14.9. The lowest BCUT2D eigenvalue weighted by Gasteiger charge is -2.29. The fraction of sp³-hybridized carbons (Fsp3) is 0.556. The number of rotatable bonds is 4. The highest BCUT2D eigenvalue weighted by atomic mass is 16.5. The van der Waals surface area contributed by atoms with Gasteiger partial charge in [-0.1, -0.05) is 34.1 Å². The summed E-state index contributed by atoms with van der Waals surface area (Å²) in [6.45, 7) is 8.47. The van der Waals surface area contributed by atoms with Crippen molar-refractivity contribution in [2.24, 2.45) is 0 Å². The number of nitrogens with zero attached hydrogens (tertiary/aromatic N) is 1. The molecule has 1 N–H and O–H groups in total. The van der Waals surface area contributed by atoms with Gasteiger partial charge in [0, 0.05) is 18.7 Å². The van der Waals surface area contributed by atoms with Crippen LogP contribution in [-0.4, -0.2) is 30.6 Å². The number of ether oxygens (including phenoxy) is 1. The third kappa shape index (κ3) is 6.72. The fourth-order valence-corrected chi connectivity index (χ4v) is 2.12. The summed E-state index contributed by atoms with van der Waals surface area (Å²) in [6.07, 6.45) is 2.30. The molecule has 5 heteroatoms. The Labute approximate surface area is 139 Å². The summed E-state index contributed by atoms with van der Waals surface area (Å²) in [4.78, 5) is 24.0. The molecule has 0 atom stereocenters. The molecule has 0 saturated heterocycles. The number of hydrogen-bond donors (Lipinski definition) is 1. The van der Waals surface area contributed by atoms with E-state index in [1.54, 1.807) is 18.1 Å². The topological polar surface area (TPSA) is 66.8 Å². The molecule has 2 rings (SSSR count). The summed E-state index contributed by atoms with van der Waals surface area (Å²) in [7, 11) is 1.60. The third-order valence-electron chi connectivity index (χ3n) is 3.04. The summed E-state index contributed by atoms with van der Waals surface area (Å²) in [5.74, 6) is -0.168. The van der Waals surface area contributed by atoms with Gasteiger partial charge in [0.1, 0.15) is 5.75 Å². The molecular formula is C18H29NO4. The number of anilines is 1. The monoisotopic (exact) mass is 323 g/mol. The maximum atomic E-state index is 11.8. The van der Waals surface area contributed by atoms with Gasteiger partial charge in [0.25, 0.3) is 0 Å². The molecule has 0 fully saturated rings. The van der Waals surface area contributed by atoms with Crippen LogP contribution in [0.2, 0.25) is 0 Å². The van der Waals surface area contributed by atoms with Crippen LogP contribution >= 0.6 is 0 Å². The first kappa shape index (κ1) is 21.0. The van der Waals surface area contributed by atoms with E-state index in [1.165, 1.54) is 6.42 Å². The van der Waals surface area contributed by atoms with E-state index in [2.05, 4.69) is 13.8 Å². The van der Waals surface area contributed by atoms with Crippen molar-refractivity contribution in [1.29, 1.82) is 0 Å². The van der Waals surface area contributed by atoms with Gasteiger partial charge in [-0.25, -0.2) is 0 Å². The van der Waals surface area contributed by atoms with Crippen LogP contribution in [-0.2, 0) is 16.0 Å². The van der Waals surface area contributed by atoms with Crippen LogP contribution in [0.1, 0.15) is 52.5 Å². The fourth-order valence-electron chi connectivity index (χ4n) is 2.12. The van der Waals surface area contributed by atoms with E-state index in [0.717, 1.165) is 17.0 Å². The van der Waals surface area contributed by atoms with Crippen molar-refractivity contribution in [1.82, 2.24) is 0 Å². The summed E-state index contributed by atoms with van der Waals surface area (Å²) in [6, 6.07) is 5.49. The second kappa shape index (κ2) is 11.5. The second-order valence-electron chi connectivity index (χ2n) is 4.89. The number of methoxy groups -OCH3 is 1. The molecule has 0 spiro atoms. The van der Waals surface area contributed by atoms with Crippen LogP contribution in [0.4, 0.5) is 5.69 Å². The van der Waals surface area contributed by atoms with Crippen molar-refractivity contribution in [3.8, 4) is 5.75 Å². The van der Waals surface area contributed by atoms with Gasteiger partial charge < -0.3 is 14.7 Å². The zero-order chi connectivity index (χ0) is 17.8. The molecule has 1 amide bonds. The first-order valence-electron chi connectivity index (χ1n) is 8.22. The molecule has 0 bridgehead atoms. The van der Waals surface area contributed by atoms with Gasteiger partial charge in [-0.2, -0.15) is 0 Å². The molecule has 0 aromatic heterocycles. The number of carbonyl (C=O) groups is 2. The van der Waals surface area contributed by atoms with Gasteiger partial charge in [-0.05, 0) is 30.2 Å². The van der Waals surface area contributed by atoms with Crippen LogP contribution < -0.4 is 9.64 Å². The Morgan fingerprint density at radius 1 is 1.26 bits per heavy atom. The number of fused-ring (bicyclic) bond motifs is 1. The van der Waals surface area contributed by atoms with E-state index >= 15 is 0 Å². The summed E-state index contributed by atoms with van der Waals surface area (Å²) >= 11 is 0. The number of carbonyl (C=O) groups excluding carboxylic acids is 1. The normalized spacial score (nSPS) is 12.2. The van der Waals surface area contributed by atoms with Gasteiger partial charge in [-0.15, -0.1) is 0 Å². The molecule has 0 unspecified atom stereocenters. The van der Waals surface area contributed by atoms with Crippen molar-refractivity contribution in [2.45, 2.75) is 53.4 Å². The van der Waals surface area contributed by atoms with E-state index in [9.17, 15) is 9.59 Å². The molecule has 1 heterocycles. The number of hydrogen-bond acceptors (Lipinski definition) is 3. The highest BCUT2D eigenvalue weighted by Gasteiger charge is 2.24. The van der Waals surface area contributed by atoms with E-state index in [0.29, 0.717) is 12.8 Å². The average Bonchev–Trinajstić information content (AvgIpc) is 2.56. The minimum Gasteiger partial charge on any atom is -0.497 e. The summed E-state index contributed by atoms with van der Waals surface area (Å²) in [5.41, 5.74) is 1.83. The average molecular weight is 323 g/mol. The molecular weight excluding hydrogens is 294 g/mol. The standard InChI is InChI=1S/C13H15NO4.C3H8.C2H6/c1-18-10-3-4-11-9(8-10)2-5-12(15)14(11)7-6-13(16)17;1-3-2;1-2/h3-4,8H,2,5-7H2,1H3,(H,16,17);3H2,1-2H3;1-2H3. The van der Waals surface area contributed by atoms with Crippen molar-refractivity contribution in [3.63, 3.8) is 0 Å². The van der Waals surface area contributed by atoms with Gasteiger partial charge in [-0.3, -0.25) is 9.59 Å². The Morgan fingerprint density at radius 2 is 1.87 bits per heavy atom. The smallest absolute Gasteiger partial charge is 0.305 e. The predicted octanol–water partition coefficient (Wildman–Crippen LogP) is 3.89. The van der Waals surface area contributed by atoms with Crippen molar-refractivity contribution in [3.05, 3.63) is 23.8 Å². The number of amides is 1. The molecule has 1 aliphatic heterocycles. The molecule has 0 saturated carbocycles. The van der Waals surface area contributed by atoms with E-state index < -0.39 is 5.97 Å². The number of benzene rings is 1. The number of carboxylic acids is 1. The zero-order valence-corrected chi connectivity index (χ0v) is 14.9. The number of aliphatic carboxylic acids is 1. The third-order valence-corrected chi connectivity index (χ3v) is 3.04. The van der Waals surface area contributed by atoms with E-state index in [4.69, 9.17) is 9.84 Å². The number of aryl methyl sites for hydroxylation is 1. The van der Waals surface area contributed by atoms with Gasteiger partial charge >= 0.3 is 5.97 Å². The van der Waals surface area contributed by atoms with Crippen LogP contribution in [0.3, 0.4) is 0 Å². The van der Waals surface area contributed by atoms with Crippen molar-refractivity contribution in [2.75, 3.05) is 18.6 Å². The number of carboxylic acid groups (broad SMARTS) is 1. The molecule has 23 heavy (non-hydrogen) atoms. The van der Waals surface area contributed by atoms with Crippen LogP contribution in [0.25, 0.3) is 0 Å². The molecule has 1 aliphatic rings. The van der Waals surface area contributed by atoms with Crippen LogP contribution in [0.5, 0.6) is 5.75 Å². The summed E-state index contributed by atoms with van der Waals surface area (Å²) in [5, 5.41) is 8.70. The maximum absolute atomic E-state index is 11.8. The molecule has 5 nitrogen and oxygen atoms in total. The minimum absolute atomic E-state index is 0.0195. The Bertz CT molecular complexity index is 500. The highest BCUT2D eigenvalue weighted by molar-refractivity contribution is 5.96. The first-order valence-corrected chi connectivity index (χ1v) is 8.22. The molecule has 0 aliphatic carbocycles. The minimum atomic E-state index is -0.900. The predicted molar refractivity (Wildman–Crippen MR) is 93.2 cm³/mol. The van der Waals surface area contributed by atoms with Crippen LogP contribution in [0, 0.1) is 0 Å². The molecule has 130 valence electrons. The quantitative estimate of drug-likeness (QED) is 0.913. The second-order valence-corrected chi connectivity index (χ2v) is 4.89. The van der Waals surface area contributed by atoms with Crippen molar-refractivity contribution >= 4 is 17.6 Å². The van der Waals surface area contributed by atoms with Gasteiger partial charge in [0.2, 0.25) is 5.91 Å². The lowest BCUT2D eigenvalue weighted by Crippen LogP contribution is -2.36. The van der Waals surface area contributed by atoms with E-state index in [1.807, 2.05) is 26.0 Å². The Morgan fingerprint density at radius 3 is 2.39 bits per heavy atom. The van der Waals surface area contributed by atoms with Gasteiger partial charge in [0.05, 0.1) is 13.5 Å². The Kier molecular flexibility index (Phi) is 10.5. The first-order chi connectivity index (χ1) is 11.0. The van der Waals surface area contributed by atoms with Crippen molar-refractivity contribution < 1.29 is 19.4 Å². The largest absolute Gasteiger partial charge is 0.497 e. The van der Waals surface area contributed by atoms with Gasteiger partial charge in [0.15, 0.2) is 0 Å². The lowest BCUT2D eigenvalue weighted by molar-refractivity contribution is -0.136. The molecule has 1 aromatic carbocycles. The Hall–Kier alpha value is -2.04. The highest BCUT2D eigenvalue weighted by Crippen LogP contribution is 2.31. The maximum Gasteiger partial charge on any atom is 0.305 e. The lowest BCUT2D eigenvalue weighted by atomic mass is 10.0. The SMILES string of the molecule is CC.CCC.COc1ccc2c(c1)CCC(=O)N2CCC(=O)O.